The Morgan fingerprint density at radius 1 is 0.533 bits per heavy atom. The van der Waals surface area contributed by atoms with Crippen LogP contribution in [-0.2, 0) is 6.42 Å². The van der Waals surface area contributed by atoms with Crippen LogP contribution in [0.5, 0.6) is 0 Å². The van der Waals surface area contributed by atoms with Crippen LogP contribution in [0.1, 0.15) is 17.5 Å². The molecular formula is C57H43N3. The Bertz CT molecular complexity index is 3120. The summed E-state index contributed by atoms with van der Waals surface area (Å²) in [6.07, 6.45) is 14.2. The monoisotopic (exact) mass is 769 g/mol. The standard InChI is InChI=1S/C57H43N3/c58-57(45-17-4-1-2-5-18-45)59-54(38-29-40-27-30-42(31-28-40)41-15-6-3-7-16-41)51-37-36-48(49-21-8-9-22-50(49)51)44-34-32-43(33-35-44)46-19-14-20-47(39-46)60-55-25-12-10-23-52(55)53-24-11-13-26-56(53)60/h1,3-28,30-39H,2,29H2,(H2,58,59)/b54-38-. The van der Waals surface area contributed by atoms with Gasteiger partial charge in [-0.2, -0.15) is 0 Å². The van der Waals surface area contributed by atoms with E-state index in [1.165, 1.54) is 60.6 Å². The molecule has 0 radical (unpaired) electrons. The lowest BCUT2D eigenvalue weighted by Gasteiger charge is -2.14. The van der Waals surface area contributed by atoms with Crippen LogP contribution in [-0.4, -0.2) is 10.4 Å². The summed E-state index contributed by atoms with van der Waals surface area (Å²) in [7, 11) is 0. The van der Waals surface area contributed by atoms with Crippen LogP contribution in [0.3, 0.4) is 0 Å². The van der Waals surface area contributed by atoms with Gasteiger partial charge in [0, 0.05) is 27.6 Å². The Morgan fingerprint density at radius 3 is 1.88 bits per heavy atom. The van der Waals surface area contributed by atoms with Gasteiger partial charge in [-0.05, 0) is 86.8 Å². The van der Waals surface area contributed by atoms with Gasteiger partial charge in [-0.3, -0.25) is 0 Å². The highest BCUT2D eigenvalue weighted by Gasteiger charge is 2.15. The number of nitrogens with zero attached hydrogens (tertiary/aromatic N) is 2. The second-order valence-corrected chi connectivity index (χ2v) is 15.2. The van der Waals surface area contributed by atoms with Crippen molar-refractivity contribution < 1.29 is 0 Å². The summed E-state index contributed by atoms with van der Waals surface area (Å²) in [5.74, 6) is 0.495. The predicted octanol–water partition coefficient (Wildman–Crippen LogP) is 14.3. The highest BCUT2D eigenvalue weighted by Crippen LogP contribution is 2.37. The number of hydrogen-bond donors (Lipinski definition) is 1. The van der Waals surface area contributed by atoms with E-state index < -0.39 is 0 Å². The molecule has 0 fully saturated rings. The molecule has 1 aliphatic carbocycles. The maximum absolute atomic E-state index is 6.78. The van der Waals surface area contributed by atoms with E-state index in [2.05, 4.69) is 211 Å². The molecule has 0 atom stereocenters. The van der Waals surface area contributed by atoms with E-state index >= 15 is 0 Å². The van der Waals surface area contributed by atoms with E-state index in [-0.39, 0.29) is 0 Å². The quantitative estimate of drug-likeness (QED) is 0.115. The molecule has 10 rings (SSSR count). The number of amidine groups is 1. The van der Waals surface area contributed by atoms with Crippen molar-refractivity contribution in [2.45, 2.75) is 12.8 Å². The Kier molecular flexibility index (Phi) is 9.91. The maximum Gasteiger partial charge on any atom is 0.131 e. The number of aliphatic imine (C=N–C) groups is 1. The fourth-order valence-electron chi connectivity index (χ4n) is 8.48. The van der Waals surface area contributed by atoms with Crippen molar-refractivity contribution >= 4 is 44.1 Å². The second kappa shape index (κ2) is 16.2. The fourth-order valence-corrected chi connectivity index (χ4v) is 8.48. The highest BCUT2D eigenvalue weighted by molar-refractivity contribution is 6.09. The lowest BCUT2D eigenvalue weighted by molar-refractivity contribution is 1.18. The normalized spacial score (nSPS) is 13.2. The van der Waals surface area contributed by atoms with E-state index in [1.54, 1.807) is 0 Å². The van der Waals surface area contributed by atoms with Crippen molar-refractivity contribution in [3.63, 3.8) is 0 Å². The largest absolute Gasteiger partial charge is 0.383 e. The first-order valence-corrected chi connectivity index (χ1v) is 20.6. The topological polar surface area (TPSA) is 43.3 Å². The number of hydrogen-bond acceptors (Lipinski definition) is 1. The van der Waals surface area contributed by atoms with Crippen LogP contribution < -0.4 is 5.73 Å². The van der Waals surface area contributed by atoms with Gasteiger partial charge in [-0.15, -0.1) is 0 Å². The predicted molar refractivity (Wildman–Crippen MR) is 255 cm³/mol. The molecule has 3 nitrogen and oxygen atoms in total. The van der Waals surface area contributed by atoms with Crippen molar-refractivity contribution in [1.29, 1.82) is 0 Å². The molecule has 0 saturated heterocycles. The van der Waals surface area contributed by atoms with Gasteiger partial charge < -0.3 is 10.3 Å². The van der Waals surface area contributed by atoms with Gasteiger partial charge in [0.1, 0.15) is 5.84 Å². The van der Waals surface area contributed by atoms with Crippen molar-refractivity contribution in [3.05, 3.63) is 241 Å². The number of benzene rings is 8. The smallest absolute Gasteiger partial charge is 0.131 e. The van der Waals surface area contributed by atoms with E-state index in [0.29, 0.717) is 12.3 Å². The number of rotatable bonds is 9. The van der Waals surface area contributed by atoms with Crippen molar-refractivity contribution in [1.82, 2.24) is 4.57 Å². The SMILES string of the molecule is NC(=N/C(=C\Cc1ccc(-c2ccccc2)cc1)c1ccc(-c2ccc(-c3cccc(-n4c5ccccc5c5ccccc54)c3)cc2)c2ccccc12)C1=CC=CCC=C1. The number of para-hydroxylation sites is 2. The molecule has 0 saturated carbocycles. The van der Waals surface area contributed by atoms with E-state index in [1.807, 2.05) is 18.2 Å². The van der Waals surface area contributed by atoms with E-state index in [4.69, 9.17) is 10.7 Å². The number of aromatic nitrogens is 1. The zero-order valence-electron chi connectivity index (χ0n) is 33.2. The summed E-state index contributed by atoms with van der Waals surface area (Å²) >= 11 is 0. The van der Waals surface area contributed by atoms with Gasteiger partial charge >= 0.3 is 0 Å². The minimum atomic E-state index is 0.495. The molecule has 60 heavy (non-hydrogen) atoms. The number of allylic oxidation sites excluding steroid dienone is 5. The molecule has 286 valence electrons. The first-order chi connectivity index (χ1) is 29.7. The van der Waals surface area contributed by atoms with Crippen LogP contribution in [0.25, 0.3) is 77.3 Å². The molecular weight excluding hydrogens is 727 g/mol. The van der Waals surface area contributed by atoms with Crippen LogP contribution in [0.15, 0.2) is 235 Å². The van der Waals surface area contributed by atoms with E-state index in [0.717, 1.165) is 39.9 Å². The first kappa shape index (κ1) is 36.6. The van der Waals surface area contributed by atoms with Crippen LogP contribution in [0.4, 0.5) is 0 Å². The molecule has 3 heteroatoms. The van der Waals surface area contributed by atoms with Gasteiger partial charge in [-0.1, -0.05) is 200 Å². The third-order valence-electron chi connectivity index (χ3n) is 11.5. The van der Waals surface area contributed by atoms with Gasteiger partial charge in [0.15, 0.2) is 0 Å². The first-order valence-electron chi connectivity index (χ1n) is 20.6. The number of fused-ring (bicyclic) bond motifs is 4. The van der Waals surface area contributed by atoms with Crippen LogP contribution in [0.2, 0.25) is 0 Å². The molecule has 0 spiro atoms. The van der Waals surface area contributed by atoms with Crippen LogP contribution in [0, 0.1) is 0 Å². The Balaban J connectivity index is 0.997. The molecule has 8 aromatic carbocycles. The third kappa shape index (κ3) is 7.18. The molecule has 0 unspecified atom stereocenters. The summed E-state index contributed by atoms with van der Waals surface area (Å²) in [4.78, 5) is 5.15. The van der Waals surface area contributed by atoms with Gasteiger partial charge in [0.25, 0.3) is 0 Å². The van der Waals surface area contributed by atoms with Crippen molar-refractivity contribution in [2.24, 2.45) is 10.7 Å². The number of nitrogens with two attached hydrogens (primary N) is 1. The third-order valence-corrected chi connectivity index (χ3v) is 11.5. The molecule has 0 aliphatic heterocycles. The van der Waals surface area contributed by atoms with Gasteiger partial charge in [0.2, 0.25) is 0 Å². The average molecular weight is 770 g/mol. The second-order valence-electron chi connectivity index (χ2n) is 15.2. The molecule has 2 N–H and O–H groups in total. The molecule has 0 bridgehead atoms. The Labute approximate surface area is 351 Å². The summed E-state index contributed by atoms with van der Waals surface area (Å²) in [5.41, 5.74) is 21.4. The Morgan fingerprint density at radius 2 is 1.13 bits per heavy atom. The van der Waals surface area contributed by atoms with Crippen molar-refractivity contribution in [3.8, 4) is 39.1 Å². The molecule has 1 aromatic heterocycles. The van der Waals surface area contributed by atoms with Crippen LogP contribution >= 0.6 is 0 Å². The molecule has 1 heterocycles. The molecule has 9 aromatic rings. The van der Waals surface area contributed by atoms with Gasteiger partial charge in [-0.25, -0.2) is 4.99 Å². The molecule has 0 amide bonds. The van der Waals surface area contributed by atoms with Gasteiger partial charge in [0.05, 0.1) is 16.7 Å². The maximum atomic E-state index is 6.78. The summed E-state index contributed by atoms with van der Waals surface area (Å²) in [5, 5.41) is 4.82. The van der Waals surface area contributed by atoms with E-state index in [9.17, 15) is 0 Å². The summed E-state index contributed by atoms with van der Waals surface area (Å²) < 4.78 is 2.37. The lowest BCUT2D eigenvalue weighted by Crippen LogP contribution is -2.14. The lowest BCUT2D eigenvalue weighted by atomic mass is 9.92. The average Bonchev–Trinajstić information content (AvgIpc) is 3.42. The minimum absolute atomic E-state index is 0.495. The zero-order valence-corrected chi connectivity index (χ0v) is 33.2. The minimum Gasteiger partial charge on any atom is -0.383 e. The molecule has 1 aliphatic rings. The zero-order chi connectivity index (χ0) is 40.3. The summed E-state index contributed by atoms with van der Waals surface area (Å²) in [6, 6.07) is 67.5. The summed E-state index contributed by atoms with van der Waals surface area (Å²) in [6.45, 7) is 0. The highest BCUT2D eigenvalue weighted by atomic mass is 15.0. The Hall–Kier alpha value is -7.75. The fraction of sp³-hybridized carbons (Fsp3) is 0.0351. The van der Waals surface area contributed by atoms with Crippen molar-refractivity contribution in [2.75, 3.05) is 0 Å².